The molecule has 30 heavy (non-hydrogen) atoms. The zero-order chi connectivity index (χ0) is 21.0. The molecule has 9 heteroatoms. The highest BCUT2D eigenvalue weighted by molar-refractivity contribution is 7.16. The molecule has 0 fully saturated rings. The van der Waals surface area contributed by atoms with Gasteiger partial charge in [0.25, 0.3) is 11.5 Å². The van der Waals surface area contributed by atoms with Crippen LogP contribution in [0.15, 0.2) is 40.6 Å². The Bertz CT molecular complexity index is 1380. The highest BCUT2D eigenvalue weighted by Gasteiger charge is 2.31. The first kappa shape index (κ1) is 18.8. The first-order valence-electron chi connectivity index (χ1n) is 9.16. The van der Waals surface area contributed by atoms with Crippen LogP contribution in [0.3, 0.4) is 0 Å². The van der Waals surface area contributed by atoms with Crippen LogP contribution in [0.25, 0.3) is 21.0 Å². The number of benzene rings is 2. The number of carbonyl (C=O) groups is 1. The number of fused-ring (bicyclic) bond motifs is 4. The van der Waals surface area contributed by atoms with E-state index in [-0.39, 0.29) is 29.9 Å². The summed E-state index contributed by atoms with van der Waals surface area (Å²) in [4.78, 5) is 34.0. The largest absolute Gasteiger partial charge is 0.373 e. The standard InChI is InChI=1S/C21H15F2N3O3S/c1-26(21(28)10-2-3-15-18(4-10)30-9-24-15)17-8-29-7-16-19(17)11-5-13(22)14(23)6-12(11)20(27)25-16/h2-6,9,17H,7-8H2,1H3,(H,25,27)/t17-/m0/s1. The molecule has 0 unspecified atom stereocenters. The summed E-state index contributed by atoms with van der Waals surface area (Å²) in [5.74, 6) is -2.40. The van der Waals surface area contributed by atoms with E-state index in [9.17, 15) is 18.4 Å². The molecule has 3 heterocycles. The van der Waals surface area contributed by atoms with Crippen LogP contribution in [0.5, 0.6) is 0 Å². The van der Waals surface area contributed by atoms with Crippen LogP contribution in [-0.2, 0) is 11.3 Å². The molecule has 1 aliphatic heterocycles. The van der Waals surface area contributed by atoms with E-state index >= 15 is 0 Å². The van der Waals surface area contributed by atoms with Crippen molar-refractivity contribution in [1.29, 1.82) is 0 Å². The Morgan fingerprint density at radius 2 is 2.00 bits per heavy atom. The van der Waals surface area contributed by atoms with Gasteiger partial charge in [-0.05, 0) is 35.7 Å². The molecule has 0 spiro atoms. The lowest BCUT2D eigenvalue weighted by molar-refractivity contribution is 0.0336. The van der Waals surface area contributed by atoms with Crippen molar-refractivity contribution in [3.63, 3.8) is 0 Å². The van der Waals surface area contributed by atoms with Gasteiger partial charge in [-0.2, -0.15) is 0 Å². The van der Waals surface area contributed by atoms with Gasteiger partial charge < -0.3 is 14.6 Å². The SMILES string of the molecule is CN(C(=O)c1ccc2ncsc2c1)[C@H]1COCc2[nH]c(=O)c3cc(F)c(F)cc3c21. The minimum absolute atomic E-state index is 0.0338. The van der Waals surface area contributed by atoms with E-state index in [1.807, 2.05) is 0 Å². The Hall–Kier alpha value is -3.17. The number of halogens is 2. The molecule has 0 bridgehead atoms. The molecule has 5 rings (SSSR count). The van der Waals surface area contributed by atoms with Gasteiger partial charge in [0.2, 0.25) is 0 Å². The number of thiazole rings is 1. The third-order valence-electron chi connectivity index (χ3n) is 5.41. The smallest absolute Gasteiger partial charge is 0.256 e. The number of ether oxygens (including phenoxy) is 1. The van der Waals surface area contributed by atoms with Crippen molar-refractivity contribution in [1.82, 2.24) is 14.9 Å². The van der Waals surface area contributed by atoms with Crippen LogP contribution in [0.1, 0.15) is 27.7 Å². The molecule has 4 aromatic rings. The third-order valence-corrected chi connectivity index (χ3v) is 6.20. The summed E-state index contributed by atoms with van der Waals surface area (Å²) in [6.07, 6.45) is 0. The Morgan fingerprint density at radius 3 is 2.80 bits per heavy atom. The summed E-state index contributed by atoms with van der Waals surface area (Å²) >= 11 is 1.44. The van der Waals surface area contributed by atoms with Crippen molar-refractivity contribution in [3.8, 4) is 0 Å². The van der Waals surface area contributed by atoms with Crippen LogP contribution in [0, 0.1) is 11.6 Å². The molecule has 152 valence electrons. The molecule has 2 aromatic heterocycles. The van der Waals surface area contributed by atoms with Crippen LogP contribution >= 0.6 is 11.3 Å². The molecule has 6 nitrogen and oxygen atoms in total. The predicted molar refractivity (Wildman–Crippen MR) is 109 cm³/mol. The first-order valence-corrected chi connectivity index (χ1v) is 10.0. The second-order valence-corrected chi connectivity index (χ2v) is 8.03. The number of nitrogens with zero attached hydrogens (tertiary/aromatic N) is 2. The molecular formula is C21H15F2N3O3S. The molecule has 0 saturated heterocycles. The fourth-order valence-electron chi connectivity index (χ4n) is 3.88. The van der Waals surface area contributed by atoms with Gasteiger partial charge in [-0.15, -0.1) is 11.3 Å². The summed E-state index contributed by atoms with van der Waals surface area (Å²) < 4.78 is 34.2. The lowest BCUT2D eigenvalue weighted by Gasteiger charge is -2.34. The Balaban J connectivity index is 1.62. The molecule has 1 amide bonds. The van der Waals surface area contributed by atoms with E-state index in [1.165, 1.54) is 16.2 Å². The second kappa shape index (κ2) is 6.96. The van der Waals surface area contributed by atoms with Gasteiger partial charge in [-0.3, -0.25) is 9.59 Å². The lowest BCUT2D eigenvalue weighted by atomic mass is 9.95. The summed E-state index contributed by atoms with van der Waals surface area (Å²) in [7, 11) is 1.62. The zero-order valence-electron chi connectivity index (χ0n) is 15.7. The number of hydrogen-bond acceptors (Lipinski definition) is 5. The third kappa shape index (κ3) is 2.89. The number of carbonyl (C=O) groups excluding carboxylic acids is 1. The van der Waals surface area contributed by atoms with Gasteiger partial charge in [-0.1, -0.05) is 0 Å². The normalized spacial score (nSPS) is 16.0. The van der Waals surface area contributed by atoms with E-state index < -0.39 is 23.2 Å². The number of rotatable bonds is 2. The second-order valence-electron chi connectivity index (χ2n) is 7.14. The molecule has 1 atom stereocenters. The van der Waals surface area contributed by atoms with Crippen molar-refractivity contribution in [2.75, 3.05) is 13.7 Å². The Labute approximate surface area is 172 Å². The Kier molecular flexibility index (Phi) is 4.37. The molecule has 0 saturated carbocycles. The summed E-state index contributed by atoms with van der Waals surface area (Å²) in [5.41, 5.74) is 3.48. The number of H-pyrrole nitrogens is 1. The van der Waals surface area contributed by atoms with Crippen molar-refractivity contribution in [2.45, 2.75) is 12.6 Å². The van der Waals surface area contributed by atoms with Gasteiger partial charge in [-0.25, -0.2) is 13.8 Å². The van der Waals surface area contributed by atoms with Crippen molar-refractivity contribution < 1.29 is 18.3 Å². The molecule has 0 radical (unpaired) electrons. The number of aromatic amines is 1. The number of aromatic nitrogens is 2. The average molecular weight is 427 g/mol. The van der Waals surface area contributed by atoms with Crippen molar-refractivity contribution >= 4 is 38.2 Å². The highest BCUT2D eigenvalue weighted by atomic mass is 32.1. The predicted octanol–water partition coefficient (Wildman–Crippen LogP) is 3.76. The average Bonchev–Trinajstić information content (AvgIpc) is 3.21. The summed E-state index contributed by atoms with van der Waals surface area (Å²) in [5, 5.41) is 0.310. The van der Waals surface area contributed by atoms with Crippen molar-refractivity contribution in [3.05, 3.63) is 74.7 Å². The van der Waals surface area contributed by atoms with E-state index in [0.717, 1.165) is 22.3 Å². The zero-order valence-corrected chi connectivity index (χ0v) is 16.6. The maximum atomic E-state index is 14.0. The number of hydrogen-bond donors (Lipinski definition) is 1. The number of nitrogens with one attached hydrogen (secondary N) is 1. The van der Waals surface area contributed by atoms with Gasteiger partial charge >= 0.3 is 0 Å². The number of pyridine rings is 1. The highest BCUT2D eigenvalue weighted by Crippen LogP contribution is 2.34. The molecular weight excluding hydrogens is 412 g/mol. The number of amides is 1. The van der Waals surface area contributed by atoms with Crippen molar-refractivity contribution in [2.24, 2.45) is 0 Å². The van der Waals surface area contributed by atoms with Crippen LogP contribution in [0.4, 0.5) is 8.78 Å². The van der Waals surface area contributed by atoms with E-state index in [2.05, 4.69) is 9.97 Å². The van der Waals surface area contributed by atoms with Gasteiger partial charge in [0.05, 0.1) is 40.4 Å². The maximum Gasteiger partial charge on any atom is 0.256 e. The molecule has 0 aliphatic carbocycles. The minimum atomic E-state index is -1.10. The van der Waals surface area contributed by atoms with Gasteiger partial charge in [0.1, 0.15) is 0 Å². The minimum Gasteiger partial charge on any atom is -0.373 e. The van der Waals surface area contributed by atoms with E-state index in [1.54, 1.807) is 30.8 Å². The van der Waals surface area contributed by atoms with Crippen LogP contribution in [-0.4, -0.2) is 34.4 Å². The Morgan fingerprint density at radius 1 is 1.23 bits per heavy atom. The maximum absolute atomic E-state index is 14.0. The fourth-order valence-corrected chi connectivity index (χ4v) is 4.60. The lowest BCUT2D eigenvalue weighted by Crippen LogP contribution is -2.37. The van der Waals surface area contributed by atoms with Crippen LogP contribution < -0.4 is 5.56 Å². The monoisotopic (exact) mass is 427 g/mol. The van der Waals surface area contributed by atoms with E-state index in [4.69, 9.17) is 4.74 Å². The summed E-state index contributed by atoms with van der Waals surface area (Å²) in [6.45, 7) is 0.281. The molecule has 1 N–H and O–H groups in total. The van der Waals surface area contributed by atoms with Crippen LogP contribution in [0.2, 0.25) is 0 Å². The topological polar surface area (TPSA) is 75.3 Å². The van der Waals surface area contributed by atoms with E-state index in [0.29, 0.717) is 16.8 Å². The quantitative estimate of drug-likeness (QED) is 0.529. The fraction of sp³-hybridized carbons (Fsp3) is 0.190. The number of likely N-dealkylation sites (N-methyl/N-ethyl adjacent to an activating group) is 1. The first-order chi connectivity index (χ1) is 14.4. The molecule has 2 aromatic carbocycles. The van der Waals surface area contributed by atoms with Gasteiger partial charge in [0, 0.05) is 23.9 Å². The summed E-state index contributed by atoms with van der Waals surface area (Å²) in [6, 6.07) is 6.57. The molecule has 1 aliphatic rings. The van der Waals surface area contributed by atoms with Gasteiger partial charge in [0.15, 0.2) is 11.6 Å².